The average molecular weight is 394 g/mol. The topological polar surface area (TPSA) is 83.6 Å². The van der Waals surface area contributed by atoms with Crippen molar-refractivity contribution in [3.63, 3.8) is 0 Å². The second kappa shape index (κ2) is 6.45. The molecular formula is C21H18N2O4S. The molecule has 0 unspecified atom stereocenters. The highest BCUT2D eigenvalue weighted by Gasteiger charge is 2.40. The Morgan fingerprint density at radius 2 is 1.61 bits per heavy atom. The van der Waals surface area contributed by atoms with Gasteiger partial charge in [0.1, 0.15) is 6.04 Å². The molecule has 1 amide bonds. The molecule has 0 radical (unpaired) electrons. The second-order valence-corrected chi connectivity index (χ2v) is 8.51. The standard InChI is InChI=1S/C21H18N2O4S/c1-13(21(25)22-17-11-9-15(10-12-17)14(2)24)23-18-7-3-5-16-6-4-8-19(20(16)18)28(23,26)27/h3-13H,1-2H3,(H,22,25)/t13-/m1/s1. The monoisotopic (exact) mass is 394 g/mol. The third-order valence-corrected chi connectivity index (χ3v) is 6.84. The van der Waals surface area contributed by atoms with Crippen LogP contribution >= 0.6 is 0 Å². The van der Waals surface area contributed by atoms with E-state index in [4.69, 9.17) is 0 Å². The van der Waals surface area contributed by atoms with Crippen LogP contribution in [-0.2, 0) is 14.8 Å². The van der Waals surface area contributed by atoms with Gasteiger partial charge >= 0.3 is 0 Å². The van der Waals surface area contributed by atoms with E-state index in [-0.39, 0.29) is 10.7 Å². The SMILES string of the molecule is CC(=O)c1ccc(NC(=O)[C@@H](C)N2c3cccc4cccc(c34)S2(=O)=O)cc1. The van der Waals surface area contributed by atoms with Crippen LogP contribution in [0.15, 0.2) is 65.6 Å². The Kier molecular flexibility index (Phi) is 4.19. The minimum atomic E-state index is -3.83. The smallest absolute Gasteiger partial charge is 0.265 e. The van der Waals surface area contributed by atoms with Crippen molar-refractivity contribution in [1.82, 2.24) is 0 Å². The van der Waals surface area contributed by atoms with E-state index >= 15 is 0 Å². The van der Waals surface area contributed by atoms with Gasteiger partial charge in [0.05, 0.1) is 10.6 Å². The van der Waals surface area contributed by atoms with Crippen LogP contribution in [-0.4, -0.2) is 26.2 Å². The number of nitrogens with one attached hydrogen (secondary N) is 1. The zero-order valence-electron chi connectivity index (χ0n) is 15.3. The van der Waals surface area contributed by atoms with E-state index in [0.29, 0.717) is 22.3 Å². The molecule has 1 aliphatic heterocycles. The molecule has 28 heavy (non-hydrogen) atoms. The van der Waals surface area contributed by atoms with Crippen LogP contribution in [0.25, 0.3) is 10.8 Å². The van der Waals surface area contributed by atoms with Crippen molar-refractivity contribution in [1.29, 1.82) is 0 Å². The van der Waals surface area contributed by atoms with Gasteiger partial charge in [0, 0.05) is 16.6 Å². The number of anilines is 2. The number of ketones is 1. The molecule has 6 nitrogen and oxygen atoms in total. The van der Waals surface area contributed by atoms with Crippen molar-refractivity contribution in [3.8, 4) is 0 Å². The maximum Gasteiger partial charge on any atom is 0.265 e. The van der Waals surface area contributed by atoms with Gasteiger partial charge in [-0.05, 0) is 55.6 Å². The van der Waals surface area contributed by atoms with Crippen molar-refractivity contribution in [2.45, 2.75) is 24.8 Å². The van der Waals surface area contributed by atoms with Crippen LogP contribution in [0.5, 0.6) is 0 Å². The Labute approximate surface area is 162 Å². The lowest BCUT2D eigenvalue weighted by atomic mass is 10.1. The third-order valence-electron chi connectivity index (χ3n) is 4.91. The summed E-state index contributed by atoms with van der Waals surface area (Å²) in [5, 5.41) is 4.17. The van der Waals surface area contributed by atoms with Crippen molar-refractivity contribution >= 4 is 43.9 Å². The average Bonchev–Trinajstić information content (AvgIpc) is 2.90. The highest BCUT2D eigenvalue weighted by molar-refractivity contribution is 7.93. The number of hydrogen-bond donors (Lipinski definition) is 1. The summed E-state index contributed by atoms with van der Waals surface area (Å²) >= 11 is 0. The zero-order valence-corrected chi connectivity index (χ0v) is 16.2. The Bertz CT molecular complexity index is 1210. The van der Waals surface area contributed by atoms with Gasteiger partial charge in [-0.15, -0.1) is 0 Å². The molecule has 0 aromatic heterocycles. The minimum absolute atomic E-state index is 0.0692. The van der Waals surface area contributed by atoms with Gasteiger partial charge in [0.2, 0.25) is 5.91 Å². The van der Waals surface area contributed by atoms with E-state index in [0.717, 1.165) is 5.39 Å². The van der Waals surface area contributed by atoms with Gasteiger partial charge in [-0.25, -0.2) is 8.42 Å². The first-order chi connectivity index (χ1) is 13.3. The predicted molar refractivity (Wildman–Crippen MR) is 108 cm³/mol. The maximum atomic E-state index is 13.1. The highest BCUT2D eigenvalue weighted by atomic mass is 32.2. The highest BCUT2D eigenvalue weighted by Crippen LogP contribution is 2.43. The summed E-state index contributed by atoms with van der Waals surface area (Å²) in [7, 11) is -3.83. The number of carbonyl (C=O) groups is 2. The van der Waals surface area contributed by atoms with Crippen molar-refractivity contribution in [2.24, 2.45) is 0 Å². The molecule has 0 saturated heterocycles. The van der Waals surface area contributed by atoms with Crippen molar-refractivity contribution in [3.05, 3.63) is 66.2 Å². The lowest BCUT2D eigenvalue weighted by Gasteiger charge is -2.25. The molecule has 0 bridgehead atoms. The van der Waals surface area contributed by atoms with Gasteiger partial charge in [-0.1, -0.05) is 24.3 Å². The Morgan fingerprint density at radius 3 is 2.25 bits per heavy atom. The summed E-state index contributed by atoms with van der Waals surface area (Å²) in [6, 6.07) is 16.0. The number of amides is 1. The second-order valence-electron chi connectivity index (χ2n) is 6.73. The van der Waals surface area contributed by atoms with Crippen LogP contribution in [0, 0.1) is 0 Å². The molecule has 7 heteroatoms. The van der Waals surface area contributed by atoms with Crippen LogP contribution in [0.1, 0.15) is 24.2 Å². The lowest BCUT2D eigenvalue weighted by Crippen LogP contribution is -2.43. The summed E-state index contributed by atoms with van der Waals surface area (Å²) in [5.74, 6) is -0.524. The van der Waals surface area contributed by atoms with Gasteiger partial charge in [-0.3, -0.25) is 13.9 Å². The summed E-state index contributed by atoms with van der Waals surface area (Å²) in [4.78, 5) is 24.4. The van der Waals surface area contributed by atoms with Crippen LogP contribution in [0.2, 0.25) is 0 Å². The van der Waals surface area contributed by atoms with Gasteiger partial charge in [0.25, 0.3) is 10.0 Å². The van der Waals surface area contributed by atoms with Gasteiger partial charge in [-0.2, -0.15) is 0 Å². The Balaban J connectivity index is 1.66. The molecular weight excluding hydrogens is 376 g/mol. The summed E-state index contributed by atoms with van der Waals surface area (Å²) in [5.41, 5.74) is 1.53. The van der Waals surface area contributed by atoms with Crippen LogP contribution < -0.4 is 9.62 Å². The van der Waals surface area contributed by atoms with Gasteiger partial charge in [0.15, 0.2) is 5.78 Å². The molecule has 3 aromatic carbocycles. The number of nitrogens with zero attached hydrogens (tertiary/aromatic N) is 1. The molecule has 4 rings (SSSR count). The van der Waals surface area contributed by atoms with E-state index in [9.17, 15) is 18.0 Å². The third kappa shape index (κ3) is 2.75. The predicted octanol–water partition coefficient (Wildman–Crippen LogP) is 3.58. The summed E-state index contributed by atoms with van der Waals surface area (Å²) in [6.45, 7) is 3.02. The fourth-order valence-electron chi connectivity index (χ4n) is 3.48. The van der Waals surface area contributed by atoms with Crippen LogP contribution in [0.3, 0.4) is 0 Å². The Morgan fingerprint density at radius 1 is 0.964 bits per heavy atom. The molecule has 0 fully saturated rings. The maximum absolute atomic E-state index is 13.1. The molecule has 1 aliphatic rings. The number of benzene rings is 3. The first-order valence-electron chi connectivity index (χ1n) is 8.79. The molecule has 1 N–H and O–H groups in total. The first kappa shape index (κ1) is 18.2. The van der Waals surface area contributed by atoms with Gasteiger partial charge < -0.3 is 5.32 Å². The zero-order chi connectivity index (χ0) is 20.1. The lowest BCUT2D eigenvalue weighted by molar-refractivity contribution is -0.116. The molecule has 0 spiro atoms. The molecule has 142 valence electrons. The fourth-order valence-corrected chi connectivity index (χ4v) is 5.35. The molecule has 1 atom stereocenters. The normalized spacial score (nSPS) is 15.4. The van der Waals surface area contributed by atoms with Crippen molar-refractivity contribution in [2.75, 3.05) is 9.62 Å². The number of carbonyl (C=O) groups excluding carboxylic acids is 2. The number of Topliss-reactive ketones (excluding diaryl/α,β-unsaturated/α-hetero) is 1. The van der Waals surface area contributed by atoms with E-state index in [2.05, 4.69) is 5.32 Å². The number of hydrogen-bond acceptors (Lipinski definition) is 4. The summed E-state index contributed by atoms with van der Waals surface area (Å²) in [6.07, 6.45) is 0. The van der Waals surface area contributed by atoms with Crippen LogP contribution in [0.4, 0.5) is 11.4 Å². The van der Waals surface area contributed by atoms with E-state index in [1.807, 2.05) is 12.1 Å². The molecule has 1 heterocycles. The van der Waals surface area contributed by atoms with E-state index in [1.54, 1.807) is 55.5 Å². The summed E-state index contributed by atoms with van der Waals surface area (Å²) < 4.78 is 27.4. The molecule has 0 saturated carbocycles. The molecule has 0 aliphatic carbocycles. The number of sulfonamides is 1. The Hall–Kier alpha value is -3.19. The van der Waals surface area contributed by atoms with Crippen molar-refractivity contribution < 1.29 is 18.0 Å². The fraction of sp³-hybridized carbons (Fsp3) is 0.143. The minimum Gasteiger partial charge on any atom is -0.324 e. The molecule has 3 aromatic rings. The van der Waals surface area contributed by atoms with E-state index < -0.39 is 22.0 Å². The van der Waals surface area contributed by atoms with E-state index in [1.165, 1.54) is 11.2 Å². The number of rotatable bonds is 4. The quantitative estimate of drug-likeness (QED) is 0.686. The largest absolute Gasteiger partial charge is 0.324 e. The first-order valence-corrected chi connectivity index (χ1v) is 10.2.